The Labute approximate surface area is 103 Å². The number of ether oxygens (including phenoxy) is 2. The average molecular weight is 241 g/mol. The number of aromatic nitrogens is 3. The van der Waals surface area contributed by atoms with Gasteiger partial charge in [-0.05, 0) is 20.3 Å². The summed E-state index contributed by atoms with van der Waals surface area (Å²) in [5.41, 5.74) is 0.989. The zero-order valence-electron chi connectivity index (χ0n) is 11.1. The largest absolute Gasteiger partial charge is 0.379 e. The molecule has 0 radical (unpaired) electrons. The molecule has 0 atom stereocenters. The Hall–Kier alpha value is -0.940. The summed E-state index contributed by atoms with van der Waals surface area (Å²) in [4.78, 5) is 0. The van der Waals surface area contributed by atoms with Crippen molar-refractivity contribution < 1.29 is 9.47 Å². The highest BCUT2D eigenvalue weighted by Gasteiger charge is 2.00. The summed E-state index contributed by atoms with van der Waals surface area (Å²) in [6.07, 6.45) is 4.14. The van der Waals surface area contributed by atoms with Crippen LogP contribution in [0.3, 0.4) is 0 Å². The summed E-state index contributed by atoms with van der Waals surface area (Å²) in [6.45, 7) is 9.06. The molecule has 0 aliphatic rings. The molecule has 0 spiro atoms. The molecule has 0 fully saturated rings. The van der Waals surface area contributed by atoms with Gasteiger partial charge in [0.05, 0.1) is 31.6 Å². The van der Waals surface area contributed by atoms with Crippen molar-refractivity contribution in [2.75, 3.05) is 19.8 Å². The van der Waals surface area contributed by atoms with E-state index < -0.39 is 0 Å². The Morgan fingerprint density at radius 1 is 1.29 bits per heavy atom. The van der Waals surface area contributed by atoms with Crippen LogP contribution in [0.2, 0.25) is 0 Å². The number of hydrogen-bond acceptors (Lipinski definition) is 4. The van der Waals surface area contributed by atoms with Crippen LogP contribution in [0, 0.1) is 0 Å². The zero-order chi connectivity index (χ0) is 12.5. The van der Waals surface area contributed by atoms with E-state index in [1.165, 1.54) is 0 Å². The minimum Gasteiger partial charge on any atom is -0.379 e. The molecule has 5 nitrogen and oxygen atoms in total. The van der Waals surface area contributed by atoms with Crippen LogP contribution in [-0.2, 0) is 22.4 Å². The molecule has 0 aromatic carbocycles. The second kappa shape index (κ2) is 8.20. The van der Waals surface area contributed by atoms with Crippen molar-refractivity contribution in [3.05, 3.63) is 11.9 Å². The number of aryl methyl sites for hydroxylation is 1. The van der Waals surface area contributed by atoms with Gasteiger partial charge in [-0.2, -0.15) is 0 Å². The molecular formula is C12H23N3O2. The van der Waals surface area contributed by atoms with E-state index in [1.54, 1.807) is 0 Å². The van der Waals surface area contributed by atoms with Gasteiger partial charge < -0.3 is 9.47 Å². The lowest BCUT2D eigenvalue weighted by Crippen LogP contribution is -2.10. The molecule has 0 N–H and O–H groups in total. The maximum Gasteiger partial charge on any atom is 0.0850 e. The molecule has 0 saturated heterocycles. The van der Waals surface area contributed by atoms with E-state index >= 15 is 0 Å². The molecule has 1 heterocycles. The minimum absolute atomic E-state index is 0.271. The molecule has 0 aliphatic carbocycles. The van der Waals surface area contributed by atoms with Gasteiger partial charge in [0, 0.05) is 19.2 Å². The summed E-state index contributed by atoms with van der Waals surface area (Å²) in [5, 5.41) is 8.11. The maximum atomic E-state index is 5.46. The fraction of sp³-hybridized carbons (Fsp3) is 0.833. The number of rotatable bonds is 9. The van der Waals surface area contributed by atoms with Crippen molar-refractivity contribution >= 4 is 0 Å². The van der Waals surface area contributed by atoms with Crippen LogP contribution in [-0.4, -0.2) is 40.9 Å². The third-order valence-corrected chi connectivity index (χ3v) is 2.22. The van der Waals surface area contributed by atoms with Gasteiger partial charge in [-0.25, -0.2) is 0 Å². The van der Waals surface area contributed by atoms with Crippen molar-refractivity contribution in [3.63, 3.8) is 0 Å². The molecule has 98 valence electrons. The first-order valence-corrected chi connectivity index (χ1v) is 6.30. The van der Waals surface area contributed by atoms with Crippen molar-refractivity contribution in [2.45, 2.75) is 46.3 Å². The Balaban J connectivity index is 2.05. The maximum absolute atomic E-state index is 5.46. The van der Waals surface area contributed by atoms with Crippen LogP contribution in [0.4, 0.5) is 0 Å². The van der Waals surface area contributed by atoms with Crippen LogP contribution >= 0.6 is 0 Å². The second-order valence-corrected chi connectivity index (χ2v) is 4.25. The molecule has 5 heteroatoms. The minimum atomic E-state index is 0.271. The third-order valence-electron chi connectivity index (χ3n) is 2.22. The van der Waals surface area contributed by atoms with Crippen LogP contribution < -0.4 is 0 Å². The van der Waals surface area contributed by atoms with Crippen LogP contribution in [0.1, 0.15) is 32.9 Å². The quantitative estimate of drug-likeness (QED) is 0.617. The van der Waals surface area contributed by atoms with E-state index in [9.17, 15) is 0 Å². The SMILES string of the molecule is CCCn1cc(CCOCCOC(C)C)nn1. The lowest BCUT2D eigenvalue weighted by molar-refractivity contribution is 0.0202. The summed E-state index contributed by atoms with van der Waals surface area (Å²) in [5.74, 6) is 0. The highest BCUT2D eigenvalue weighted by molar-refractivity contribution is 4.92. The smallest absolute Gasteiger partial charge is 0.0850 e. The molecule has 0 unspecified atom stereocenters. The first-order valence-electron chi connectivity index (χ1n) is 6.30. The molecule has 17 heavy (non-hydrogen) atoms. The van der Waals surface area contributed by atoms with E-state index in [1.807, 2.05) is 24.7 Å². The number of nitrogens with zero attached hydrogens (tertiary/aromatic N) is 3. The lowest BCUT2D eigenvalue weighted by atomic mass is 10.3. The van der Waals surface area contributed by atoms with Gasteiger partial charge in [0.1, 0.15) is 0 Å². The fourth-order valence-corrected chi connectivity index (χ4v) is 1.41. The highest BCUT2D eigenvalue weighted by Crippen LogP contribution is 1.96. The molecule has 1 rings (SSSR count). The van der Waals surface area contributed by atoms with Gasteiger partial charge in [-0.1, -0.05) is 12.1 Å². The van der Waals surface area contributed by atoms with Crippen molar-refractivity contribution in [3.8, 4) is 0 Å². The average Bonchev–Trinajstić information content (AvgIpc) is 2.71. The van der Waals surface area contributed by atoms with Gasteiger partial charge >= 0.3 is 0 Å². The van der Waals surface area contributed by atoms with Gasteiger partial charge in [-0.3, -0.25) is 4.68 Å². The van der Waals surface area contributed by atoms with Crippen molar-refractivity contribution in [1.82, 2.24) is 15.0 Å². The van der Waals surface area contributed by atoms with E-state index in [2.05, 4.69) is 17.2 Å². The molecule has 1 aromatic heterocycles. The standard InChI is InChI=1S/C12H23N3O2/c1-4-6-15-10-12(13-14-15)5-7-16-8-9-17-11(2)3/h10-11H,4-9H2,1-3H3. The van der Waals surface area contributed by atoms with Crippen LogP contribution in [0.15, 0.2) is 6.20 Å². The first-order chi connectivity index (χ1) is 8.22. The van der Waals surface area contributed by atoms with E-state index in [0.29, 0.717) is 19.8 Å². The van der Waals surface area contributed by atoms with E-state index in [-0.39, 0.29) is 6.10 Å². The Kier molecular flexibility index (Phi) is 6.81. The topological polar surface area (TPSA) is 49.2 Å². The lowest BCUT2D eigenvalue weighted by Gasteiger charge is -2.07. The van der Waals surface area contributed by atoms with Crippen LogP contribution in [0.25, 0.3) is 0 Å². The Bertz CT molecular complexity index is 300. The fourth-order valence-electron chi connectivity index (χ4n) is 1.41. The Morgan fingerprint density at radius 3 is 2.82 bits per heavy atom. The summed E-state index contributed by atoms with van der Waals surface area (Å²) < 4.78 is 12.7. The van der Waals surface area contributed by atoms with Crippen molar-refractivity contribution in [2.24, 2.45) is 0 Å². The van der Waals surface area contributed by atoms with Gasteiger partial charge in [0.25, 0.3) is 0 Å². The van der Waals surface area contributed by atoms with Gasteiger partial charge in [0.2, 0.25) is 0 Å². The predicted octanol–water partition coefficient (Wildman–Crippen LogP) is 1.67. The van der Waals surface area contributed by atoms with Crippen LogP contribution in [0.5, 0.6) is 0 Å². The normalized spacial score (nSPS) is 11.3. The molecule has 0 aliphatic heterocycles. The van der Waals surface area contributed by atoms with E-state index in [4.69, 9.17) is 9.47 Å². The molecule has 0 saturated carbocycles. The van der Waals surface area contributed by atoms with Crippen molar-refractivity contribution in [1.29, 1.82) is 0 Å². The molecular weight excluding hydrogens is 218 g/mol. The monoisotopic (exact) mass is 241 g/mol. The predicted molar refractivity (Wildman–Crippen MR) is 65.9 cm³/mol. The summed E-state index contributed by atoms with van der Waals surface area (Å²) >= 11 is 0. The number of hydrogen-bond donors (Lipinski definition) is 0. The first kappa shape index (κ1) is 14.1. The van der Waals surface area contributed by atoms with Gasteiger partial charge in [-0.15, -0.1) is 5.10 Å². The molecule has 1 aromatic rings. The highest BCUT2D eigenvalue weighted by atomic mass is 16.5. The second-order valence-electron chi connectivity index (χ2n) is 4.25. The van der Waals surface area contributed by atoms with E-state index in [0.717, 1.165) is 25.1 Å². The molecule has 0 amide bonds. The third kappa shape index (κ3) is 6.38. The Morgan fingerprint density at radius 2 is 2.12 bits per heavy atom. The summed E-state index contributed by atoms with van der Waals surface area (Å²) in [6, 6.07) is 0. The molecule has 0 bridgehead atoms. The zero-order valence-corrected chi connectivity index (χ0v) is 11.1. The summed E-state index contributed by atoms with van der Waals surface area (Å²) in [7, 11) is 0. The van der Waals surface area contributed by atoms with Gasteiger partial charge in [0.15, 0.2) is 0 Å².